The van der Waals surface area contributed by atoms with Gasteiger partial charge < -0.3 is 9.64 Å². The predicted octanol–water partition coefficient (Wildman–Crippen LogP) is 3.95. The molecule has 3 rings (SSSR count). The lowest BCUT2D eigenvalue weighted by molar-refractivity contribution is -0.160. The van der Waals surface area contributed by atoms with E-state index in [1.807, 2.05) is 18.2 Å². The van der Waals surface area contributed by atoms with Gasteiger partial charge in [0.1, 0.15) is 6.10 Å². The molecule has 3 nitrogen and oxygen atoms in total. The van der Waals surface area contributed by atoms with Crippen LogP contribution in [0.3, 0.4) is 0 Å². The number of benzene rings is 1. The summed E-state index contributed by atoms with van der Waals surface area (Å²) in [7, 11) is 0. The van der Waals surface area contributed by atoms with E-state index in [-0.39, 0.29) is 17.6 Å². The van der Waals surface area contributed by atoms with Crippen molar-refractivity contribution in [3.05, 3.63) is 35.9 Å². The largest absolute Gasteiger partial charge is 0.369 e. The molecule has 1 saturated heterocycles. The second-order valence-corrected chi connectivity index (χ2v) is 7.31. The lowest BCUT2D eigenvalue weighted by atomic mass is 9.86. The number of amides is 1. The van der Waals surface area contributed by atoms with Crippen molar-refractivity contribution < 1.29 is 9.53 Å². The zero-order chi connectivity index (χ0) is 15.6. The van der Waals surface area contributed by atoms with E-state index in [0.29, 0.717) is 19.1 Å². The second kappa shape index (κ2) is 6.41. The van der Waals surface area contributed by atoms with Crippen LogP contribution in [0.25, 0.3) is 0 Å². The summed E-state index contributed by atoms with van der Waals surface area (Å²) in [6, 6.07) is 10.3. The molecule has 2 fully saturated rings. The van der Waals surface area contributed by atoms with Crippen molar-refractivity contribution >= 4 is 5.91 Å². The highest BCUT2D eigenvalue weighted by Gasteiger charge is 2.40. The number of hydrogen-bond donors (Lipinski definition) is 0. The van der Waals surface area contributed by atoms with E-state index in [1.165, 1.54) is 24.8 Å². The highest BCUT2D eigenvalue weighted by molar-refractivity contribution is 5.80. The van der Waals surface area contributed by atoms with Crippen LogP contribution < -0.4 is 0 Å². The number of carbonyl (C=O) groups is 1. The van der Waals surface area contributed by atoms with Crippen molar-refractivity contribution in [3.63, 3.8) is 0 Å². The van der Waals surface area contributed by atoms with Gasteiger partial charge in [0.25, 0.3) is 0 Å². The minimum Gasteiger partial charge on any atom is -0.369 e. The van der Waals surface area contributed by atoms with Gasteiger partial charge in [-0.2, -0.15) is 0 Å². The fourth-order valence-corrected chi connectivity index (χ4v) is 3.68. The first-order chi connectivity index (χ1) is 10.6. The van der Waals surface area contributed by atoms with Crippen LogP contribution in [0.1, 0.15) is 57.6 Å². The van der Waals surface area contributed by atoms with Gasteiger partial charge in [0.15, 0.2) is 0 Å². The molecule has 1 saturated carbocycles. The third-order valence-corrected chi connectivity index (χ3v) is 5.11. The topological polar surface area (TPSA) is 29.5 Å². The fourth-order valence-electron chi connectivity index (χ4n) is 3.68. The smallest absolute Gasteiger partial charge is 0.226 e. The average molecular weight is 301 g/mol. The summed E-state index contributed by atoms with van der Waals surface area (Å²) in [4.78, 5) is 15.1. The van der Waals surface area contributed by atoms with Gasteiger partial charge in [0.05, 0.1) is 18.7 Å². The average Bonchev–Trinajstić information content (AvgIpc) is 2.56. The molecule has 0 radical (unpaired) electrons. The quantitative estimate of drug-likeness (QED) is 0.828. The van der Waals surface area contributed by atoms with E-state index in [0.717, 1.165) is 12.8 Å². The molecule has 1 heterocycles. The molecule has 1 amide bonds. The second-order valence-electron chi connectivity index (χ2n) is 7.31. The monoisotopic (exact) mass is 301 g/mol. The van der Waals surface area contributed by atoms with Crippen molar-refractivity contribution in [2.75, 3.05) is 13.2 Å². The molecule has 0 bridgehead atoms. The van der Waals surface area contributed by atoms with E-state index < -0.39 is 0 Å². The lowest BCUT2D eigenvalue weighted by Gasteiger charge is -2.47. The Labute approximate surface area is 133 Å². The van der Waals surface area contributed by atoms with E-state index in [1.54, 1.807) is 0 Å². The fraction of sp³-hybridized carbons (Fsp3) is 0.632. The first-order valence-electron chi connectivity index (χ1n) is 8.56. The molecule has 1 aliphatic carbocycles. The third-order valence-electron chi connectivity index (χ3n) is 5.11. The Morgan fingerprint density at radius 1 is 1.14 bits per heavy atom. The molecule has 1 aromatic rings. The molecule has 120 valence electrons. The third kappa shape index (κ3) is 3.19. The van der Waals surface area contributed by atoms with E-state index >= 15 is 0 Å². The van der Waals surface area contributed by atoms with Crippen LogP contribution in [0, 0.1) is 5.92 Å². The van der Waals surface area contributed by atoms with Crippen LogP contribution in [-0.2, 0) is 9.53 Å². The Kier molecular flexibility index (Phi) is 4.53. The van der Waals surface area contributed by atoms with Crippen LogP contribution in [0.5, 0.6) is 0 Å². The Balaban J connectivity index is 1.76. The molecule has 0 aromatic heterocycles. The number of hydrogen-bond acceptors (Lipinski definition) is 2. The van der Waals surface area contributed by atoms with Gasteiger partial charge in [0, 0.05) is 5.92 Å². The van der Waals surface area contributed by atoms with Crippen LogP contribution in [0.15, 0.2) is 30.3 Å². The van der Waals surface area contributed by atoms with Crippen LogP contribution in [0.2, 0.25) is 0 Å². The van der Waals surface area contributed by atoms with Gasteiger partial charge in [-0.3, -0.25) is 4.79 Å². The normalized spacial score (nSPS) is 25.9. The zero-order valence-corrected chi connectivity index (χ0v) is 13.8. The lowest BCUT2D eigenvalue weighted by Crippen LogP contribution is -2.57. The minimum absolute atomic E-state index is 0.00163. The Hall–Kier alpha value is -1.35. The van der Waals surface area contributed by atoms with Crippen molar-refractivity contribution in [1.29, 1.82) is 0 Å². The summed E-state index contributed by atoms with van der Waals surface area (Å²) in [5.74, 6) is 0.566. The highest BCUT2D eigenvalue weighted by atomic mass is 16.5. The maximum atomic E-state index is 13.0. The predicted molar refractivity (Wildman–Crippen MR) is 87.5 cm³/mol. The first-order valence-corrected chi connectivity index (χ1v) is 8.56. The van der Waals surface area contributed by atoms with E-state index in [2.05, 4.69) is 30.9 Å². The molecular weight excluding hydrogens is 274 g/mol. The van der Waals surface area contributed by atoms with Crippen molar-refractivity contribution in [2.45, 2.75) is 57.6 Å². The number of nitrogens with zero attached hydrogens (tertiary/aromatic N) is 1. The molecule has 22 heavy (non-hydrogen) atoms. The summed E-state index contributed by atoms with van der Waals surface area (Å²) >= 11 is 0. The van der Waals surface area contributed by atoms with Gasteiger partial charge in [-0.15, -0.1) is 0 Å². The molecule has 3 heteroatoms. The summed E-state index contributed by atoms with van der Waals surface area (Å²) in [5.41, 5.74) is 0.958. The maximum absolute atomic E-state index is 13.0. The Bertz CT molecular complexity index is 505. The van der Waals surface area contributed by atoms with Gasteiger partial charge in [-0.25, -0.2) is 0 Å². The molecular formula is C19H27NO2. The van der Waals surface area contributed by atoms with Crippen LogP contribution in [0.4, 0.5) is 0 Å². The van der Waals surface area contributed by atoms with Gasteiger partial charge in [-0.05, 0) is 32.3 Å². The van der Waals surface area contributed by atoms with Crippen molar-refractivity contribution in [2.24, 2.45) is 5.92 Å². The molecule has 2 aliphatic rings. The van der Waals surface area contributed by atoms with Gasteiger partial charge in [-0.1, -0.05) is 49.6 Å². The Morgan fingerprint density at radius 3 is 2.50 bits per heavy atom. The maximum Gasteiger partial charge on any atom is 0.226 e. The first kappa shape index (κ1) is 15.5. The number of morpholine rings is 1. The standard InChI is InChI=1S/C19H27NO2/c1-19(2)14-22-17(15-9-5-3-6-10-15)13-20(19)18(21)16-11-7-4-8-12-16/h3,5-6,9-10,16-17H,4,7-8,11-14H2,1-2H3. The summed E-state index contributed by atoms with van der Waals surface area (Å²) in [6.45, 7) is 5.52. The van der Waals surface area contributed by atoms with E-state index in [4.69, 9.17) is 4.74 Å². The molecule has 1 atom stereocenters. The summed E-state index contributed by atoms with van der Waals surface area (Å²) < 4.78 is 6.05. The van der Waals surface area contributed by atoms with Crippen LogP contribution >= 0.6 is 0 Å². The van der Waals surface area contributed by atoms with E-state index in [9.17, 15) is 4.79 Å². The number of rotatable bonds is 2. The van der Waals surface area contributed by atoms with Crippen LogP contribution in [-0.4, -0.2) is 29.5 Å². The molecule has 1 unspecified atom stereocenters. The molecule has 0 spiro atoms. The zero-order valence-electron chi connectivity index (χ0n) is 13.8. The Morgan fingerprint density at radius 2 is 1.82 bits per heavy atom. The molecule has 0 N–H and O–H groups in total. The highest BCUT2D eigenvalue weighted by Crippen LogP contribution is 2.34. The summed E-state index contributed by atoms with van der Waals surface area (Å²) in [5, 5.41) is 0. The van der Waals surface area contributed by atoms with Gasteiger partial charge >= 0.3 is 0 Å². The number of ether oxygens (including phenoxy) is 1. The molecule has 1 aromatic carbocycles. The summed E-state index contributed by atoms with van der Waals surface area (Å²) in [6.07, 6.45) is 5.79. The van der Waals surface area contributed by atoms with Crippen molar-refractivity contribution in [1.82, 2.24) is 4.90 Å². The van der Waals surface area contributed by atoms with Crippen molar-refractivity contribution in [3.8, 4) is 0 Å². The molecule has 1 aliphatic heterocycles. The minimum atomic E-state index is -0.209. The number of carbonyl (C=O) groups excluding carboxylic acids is 1. The van der Waals surface area contributed by atoms with Gasteiger partial charge in [0.2, 0.25) is 5.91 Å². The SMILES string of the molecule is CC1(C)COC(c2ccccc2)CN1C(=O)C1CCCCC1.